The Hall–Kier alpha value is 1.57. The van der Waals surface area contributed by atoms with E-state index in [9.17, 15) is 0 Å². The molecule has 0 spiro atoms. The normalized spacial score (nSPS) is 19.3. The van der Waals surface area contributed by atoms with E-state index >= 15 is 0 Å². The third kappa shape index (κ3) is 26.2. The van der Waals surface area contributed by atoms with Gasteiger partial charge < -0.3 is 23.5 Å². The second-order valence-corrected chi connectivity index (χ2v) is 6.35. The monoisotopic (exact) mass is 498 g/mol. The van der Waals surface area contributed by atoms with Gasteiger partial charge >= 0.3 is 22.4 Å². The quantitative estimate of drug-likeness (QED) is 0.326. The Bertz CT molecular complexity index is 123. The van der Waals surface area contributed by atoms with E-state index in [0.29, 0.717) is 0 Å². The van der Waals surface area contributed by atoms with Crippen LogP contribution in [0.1, 0.15) is 38.5 Å². The maximum Gasteiger partial charge on any atom is 3.00 e. The molecule has 2 rings (SSSR count). The maximum atomic E-state index is 8.49. The first kappa shape index (κ1) is 21.9. The summed E-state index contributed by atoms with van der Waals surface area (Å²) in [5.74, 6) is 7.34. The van der Waals surface area contributed by atoms with E-state index in [0.717, 1.165) is 0 Å². The van der Waals surface area contributed by atoms with Gasteiger partial charge in [0.05, 0.1) is 0 Å². The van der Waals surface area contributed by atoms with E-state index in [1.165, 1.54) is 50.0 Å². The largest absolute Gasteiger partial charge is 3.00 e. The summed E-state index contributed by atoms with van der Waals surface area (Å²) in [4.78, 5) is 0. The number of hydrogen-bond donors (Lipinski definition) is 0. The van der Waals surface area contributed by atoms with Gasteiger partial charge in [0.25, 0.3) is 0 Å². The molecule has 0 aromatic heterocycles. The van der Waals surface area contributed by atoms with Gasteiger partial charge in [-0.3, -0.25) is 11.5 Å². The average Bonchev–Trinajstić information content (AvgIpc) is 2.32. The summed E-state index contributed by atoms with van der Waals surface area (Å²) in [6.45, 7) is 0. The fourth-order valence-corrected chi connectivity index (χ4v) is 2.90. The third-order valence-electron chi connectivity index (χ3n) is 1.90. The molecule has 8 heteroatoms. The van der Waals surface area contributed by atoms with Gasteiger partial charge in [0.2, 0.25) is 0 Å². The van der Waals surface area contributed by atoms with Crippen molar-refractivity contribution >= 4 is 23.5 Å². The number of halogens is 1. The Labute approximate surface area is 136 Å². The minimum Gasteiger partial charge on any atom is -0.351 e. The van der Waals surface area contributed by atoms with Gasteiger partial charge in [0, 0.05) is 0 Å². The number of thioether (sulfide) groups is 2. The van der Waals surface area contributed by atoms with E-state index in [1.807, 2.05) is 23.5 Å². The van der Waals surface area contributed by atoms with E-state index in [4.69, 9.17) is 18.6 Å². The van der Waals surface area contributed by atoms with Crippen LogP contribution in [-0.2, 0) is 22.4 Å². The van der Waals surface area contributed by atoms with Crippen LogP contribution in [0.2, 0.25) is 0 Å². The second-order valence-electron chi connectivity index (χ2n) is 3.44. The Morgan fingerprint density at radius 1 is 0.722 bits per heavy atom. The Balaban J connectivity index is 0. The van der Waals surface area contributed by atoms with E-state index < -0.39 is 10.2 Å². The SMILES string of the molecule is [Au+3].[CH-]1CCCCS1.[CH-]1CCCCS1.[O-][Cl+3]([O-])([O-])[O-]. The molecule has 0 bridgehead atoms. The van der Waals surface area contributed by atoms with Gasteiger partial charge in [-0.05, 0) is 24.3 Å². The maximum absolute atomic E-state index is 8.49. The zero-order chi connectivity index (χ0) is 13.0. The predicted molar refractivity (Wildman–Crippen MR) is 61.2 cm³/mol. The van der Waals surface area contributed by atoms with Gasteiger partial charge in [-0.1, -0.05) is 12.8 Å². The molecule has 112 valence electrons. The molecule has 4 nitrogen and oxygen atoms in total. The second kappa shape index (κ2) is 15.0. The summed E-state index contributed by atoms with van der Waals surface area (Å²) in [6.07, 6.45) is 8.39. The van der Waals surface area contributed by atoms with Crippen LogP contribution in [0, 0.1) is 21.7 Å². The predicted octanol–water partition coefficient (Wildman–Crippen LogP) is -0.628. The van der Waals surface area contributed by atoms with Crippen LogP contribution in [-0.4, -0.2) is 11.5 Å². The molecule has 2 fully saturated rings. The molecule has 0 saturated carbocycles. The molecule has 0 aromatic carbocycles. The molecule has 2 heterocycles. The third-order valence-corrected chi connectivity index (χ3v) is 3.90. The van der Waals surface area contributed by atoms with E-state index in [2.05, 4.69) is 11.5 Å². The first-order valence-corrected chi connectivity index (χ1v) is 8.81. The van der Waals surface area contributed by atoms with Gasteiger partial charge in [-0.25, -0.2) is 18.6 Å². The van der Waals surface area contributed by atoms with Gasteiger partial charge in [0.15, 0.2) is 0 Å². The molecule has 2 aliphatic rings. The van der Waals surface area contributed by atoms with Crippen LogP contribution in [0.25, 0.3) is 0 Å². The topological polar surface area (TPSA) is 92.2 Å². The molecule has 18 heavy (non-hydrogen) atoms. The summed E-state index contributed by atoms with van der Waals surface area (Å²) in [6, 6.07) is 0. The van der Waals surface area contributed by atoms with Crippen molar-refractivity contribution in [3.05, 3.63) is 11.5 Å². The van der Waals surface area contributed by atoms with Crippen molar-refractivity contribution in [2.24, 2.45) is 0 Å². The minimum absolute atomic E-state index is 0. The Morgan fingerprint density at radius 2 is 1.06 bits per heavy atom. The van der Waals surface area contributed by atoms with Gasteiger partial charge in [-0.15, -0.1) is 10.2 Å². The van der Waals surface area contributed by atoms with Crippen LogP contribution in [0.15, 0.2) is 0 Å². The van der Waals surface area contributed by atoms with Crippen LogP contribution >= 0.6 is 23.5 Å². The van der Waals surface area contributed by atoms with Crippen molar-refractivity contribution in [3.8, 4) is 0 Å². The molecule has 2 aliphatic heterocycles. The van der Waals surface area contributed by atoms with Crippen molar-refractivity contribution in [2.75, 3.05) is 11.5 Å². The number of rotatable bonds is 0. The van der Waals surface area contributed by atoms with Crippen molar-refractivity contribution in [2.45, 2.75) is 38.5 Å². The van der Waals surface area contributed by atoms with Crippen LogP contribution < -0.4 is 18.6 Å². The summed E-state index contributed by atoms with van der Waals surface area (Å²) < 4.78 is 34.0. The van der Waals surface area contributed by atoms with Crippen molar-refractivity contribution in [1.82, 2.24) is 0 Å². The molecule has 0 amide bonds. The Kier molecular flexibility index (Phi) is 18.2. The fourth-order valence-electron chi connectivity index (χ4n) is 1.16. The van der Waals surface area contributed by atoms with Crippen molar-refractivity contribution in [3.63, 3.8) is 0 Å². The fraction of sp³-hybridized carbons (Fsp3) is 0.800. The minimum atomic E-state index is -4.94. The Morgan fingerprint density at radius 3 is 1.11 bits per heavy atom. The standard InChI is InChI=1S/2C5H9S.Au.ClHO4/c2*1-2-4-6-5-3-1;;2-1(3,4)5/h2*4H,1-3,5H2;;(H,2,3,4,5)/q2*-1;+3;/p-1. The summed E-state index contributed by atoms with van der Waals surface area (Å²) in [5, 5.41) is 0. The van der Waals surface area contributed by atoms with Crippen LogP contribution in [0.3, 0.4) is 0 Å². The van der Waals surface area contributed by atoms with Crippen LogP contribution in [0.4, 0.5) is 0 Å². The van der Waals surface area contributed by atoms with E-state index in [-0.39, 0.29) is 22.4 Å². The van der Waals surface area contributed by atoms with Gasteiger partial charge in [-0.2, -0.15) is 12.8 Å². The molecular weight excluding hydrogens is 481 g/mol. The van der Waals surface area contributed by atoms with Crippen molar-refractivity contribution < 1.29 is 51.3 Å². The molecule has 2 saturated heterocycles. The van der Waals surface area contributed by atoms with Crippen molar-refractivity contribution in [1.29, 1.82) is 0 Å². The molecule has 0 radical (unpaired) electrons. The van der Waals surface area contributed by atoms with Gasteiger partial charge in [0.1, 0.15) is 0 Å². The molecule has 0 aliphatic carbocycles. The van der Waals surface area contributed by atoms with Crippen LogP contribution in [0.5, 0.6) is 0 Å². The number of hydrogen-bond acceptors (Lipinski definition) is 6. The molecule has 0 N–H and O–H groups in total. The zero-order valence-electron chi connectivity index (χ0n) is 9.94. The van der Waals surface area contributed by atoms with E-state index in [1.54, 1.807) is 0 Å². The summed E-state index contributed by atoms with van der Waals surface area (Å²) in [7, 11) is -4.94. The smallest absolute Gasteiger partial charge is 0.351 e. The zero-order valence-corrected chi connectivity index (χ0v) is 14.5. The molecule has 0 aromatic rings. The first-order chi connectivity index (χ1) is 8.00. The summed E-state index contributed by atoms with van der Waals surface area (Å²) >= 11 is 3.94. The molecular formula is C10H18AuClO4S2. The first-order valence-electron chi connectivity index (χ1n) is 5.48. The summed E-state index contributed by atoms with van der Waals surface area (Å²) in [5.41, 5.74) is 0. The average molecular weight is 499 g/mol. The molecule has 0 unspecified atom stereocenters. The molecule has 0 atom stereocenters.